The third kappa shape index (κ3) is 3.63. The monoisotopic (exact) mass is 404 g/mol. The van der Waals surface area contributed by atoms with Gasteiger partial charge >= 0.3 is 0 Å². The molecule has 0 saturated heterocycles. The standard InChI is InChI=1S/C29H21Cl/c30-26-18-16-22(17-19-26)27-12-6-7-13-28(27)29(23-9-2-1-3-10-23)25-15-14-21-8-4-5-11-24(21)20-25/h1-20,29H. The first-order chi connectivity index (χ1) is 14.8. The van der Waals surface area contributed by atoms with Crippen LogP contribution in [-0.2, 0) is 0 Å². The zero-order chi connectivity index (χ0) is 20.3. The van der Waals surface area contributed by atoms with Gasteiger partial charge < -0.3 is 0 Å². The topological polar surface area (TPSA) is 0 Å². The molecule has 5 rings (SSSR count). The quantitative estimate of drug-likeness (QED) is 0.264. The van der Waals surface area contributed by atoms with Gasteiger partial charge in [0.15, 0.2) is 0 Å². The predicted octanol–water partition coefficient (Wildman–Crippen LogP) is 8.34. The number of hydrogen-bond acceptors (Lipinski definition) is 0. The van der Waals surface area contributed by atoms with Gasteiger partial charge in [-0.05, 0) is 50.7 Å². The van der Waals surface area contributed by atoms with Crippen molar-refractivity contribution < 1.29 is 0 Å². The molecule has 0 aliphatic rings. The van der Waals surface area contributed by atoms with Crippen molar-refractivity contribution in [1.82, 2.24) is 0 Å². The Kier molecular flexibility index (Phi) is 5.09. The van der Waals surface area contributed by atoms with Crippen molar-refractivity contribution in [2.75, 3.05) is 0 Å². The van der Waals surface area contributed by atoms with Crippen molar-refractivity contribution in [3.05, 3.63) is 143 Å². The highest BCUT2D eigenvalue weighted by Gasteiger charge is 2.20. The van der Waals surface area contributed by atoms with E-state index in [4.69, 9.17) is 11.6 Å². The number of halogens is 1. The lowest BCUT2D eigenvalue weighted by molar-refractivity contribution is 0.982. The van der Waals surface area contributed by atoms with E-state index in [1.807, 2.05) is 12.1 Å². The van der Waals surface area contributed by atoms with E-state index < -0.39 is 0 Å². The van der Waals surface area contributed by atoms with E-state index in [0.29, 0.717) is 0 Å². The van der Waals surface area contributed by atoms with Crippen LogP contribution >= 0.6 is 11.6 Å². The van der Waals surface area contributed by atoms with Gasteiger partial charge in [-0.25, -0.2) is 0 Å². The lowest BCUT2D eigenvalue weighted by Crippen LogP contribution is -2.05. The molecular formula is C29H21Cl. The minimum atomic E-state index is 0.141. The molecule has 1 unspecified atom stereocenters. The van der Waals surface area contributed by atoms with Crippen molar-refractivity contribution in [1.29, 1.82) is 0 Å². The third-order valence-electron chi connectivity index (χ3n) is 5.67. The Morgan fingerprint density at radius 3 is 1.97 bits per heavy atom. The fraction of sp³-hybridized carbons (Fsp3) is 0.0345. The van der Waals surface area contributed by atoms with Crippen LogP contribution in [0.15, 0.2) is 121 Å². The first-order valence-corrected chi connectivity index (χ1v) is 10.6. The molecule has 0 spiro atoms. The second-order valence-electron chi connectivity index (χ2n) is 7.54. The molecule has 0 amide bonds. The lowest BCUT2D eigenvalue weighted by atomic mass is 9.81. The zero-order valence-corrected chi connectivity index (χ0v) is 17.3. The number of rotatable bonds is 4. The van der Waals surface area contributed by atoms with Gasteiger partial charge in [0, 0.05) is 10.9 Å². The molecule has 30 heavy (non-hydrogen) atoms. The first-order valence-electron chi connectivity index (χ1n) is 10.2. The molecule has 0 fully saturated rings. The summed E-state index contributed by atoms with van der Waals surface area (Å²) in [7, 11) is 0. The van der Waals surface area contributed by atoms with Gasteiger partial charge in [-0.15, -0.1) is 0 Å². The van der Waals surface area contributed by atoms with Crippen LogP contribution in [0, 0.1) is 0 Å². The Hall–Kier alpha value is -3.35. The molecule has 1 atom stereocenters. The Labute approximate surface area is 182 Å². The summed E-state index contributed by atoms with van der Waals surface area (Å²) in [5.41, 5.74) is 6.28. The van der Waals surface area contributed by atoms with E-state index in [9.17, 15) is 0 Å². The molecule has 0 heterocycles. The minimum Gasteiger partial charge on any atom is -0.0843 e. The summed E-state index contributed by atoms with van der Waals surface area (Å²) in [5, 5.41) is 3.28. The first kappa shape index (κ1) is 18.7. The van der Waals surface area contributed by atoms with Crippen molar-refractivity contribution in [2.24, 2.45) is 0 Å². The van der Waals surface area contributed by atoms with E-state index in [1.165, 1.54) is 38.6 Å². The number of benzene rings is 5. The van der Waals surface area contributed by atoms with Crippen molar-refractivity contribution in [3.8, 4) is 11.1 Å². The zero-order valence-electron chi connectivity index (χ0n) is 16.5. The van der Waals surface area contributed by atoms with Gasteiger partial charge in [0.1, 0.15) is 0 Å². The summed E-state index contributed by atoms with van der Waals surface area (Å²) in [6, 6.07) is 42.9. The maximum atomic E-state index is 6.15. The highest BCUT2D eigenvalue weighted by molar-refractivity contribution is 6.30. The van der Waals surface area contributed by atoms with Gasteiger partial charge in [-0.2, -0.15) is 0 Å². The summed E-state index contributed by atoms with van der Waals surface area (Å²) in [6.45, 7) is 0. The molecule has 0 radical (unpaired) electrons. The highest BCUT2D eigenvalue weighted by Crippen LogP contribution is 2.39. The number of fused-ring (bicyclic) bond motifs is 1. The van der Waals surface area contributed by atoms with Crippen LogP contribution in [0.3, 0.4) is 0 Å². The van der Waals surface area contributed by atoms with Crippen LogP contribution in [0.2, 0.25) is 5.02 Å². The van der Waals surface area contributed by atoms with Crippen molar-refractivity contribution in [2.45, 2.75) is 5.92 Å². The van der Waals surface area contributed by atoms with Crippen LogP contribution < -0.4 is 0 Å². The molecule has 0 nitrogen and oxygen atoms in total. The molecule has 0 N–H and O–H groups in total. The van der Waals surface area contributed by atoms with Crippen molar-refractivity contribution in [3.63, 3.8) is 0 Å². The molecule has 1 heteroatoms. The molecule has 0 aliphatic heterocycles. The average Bonchev–Trinajstić information content (AvgIpc) is 2.81. The summed E-state index contributed by atoms with van der Waals surface area (Å²) in [5.74, 6) is 0.141. The molecule has 144 valence electrons. The second-order valence-corrected chi connectivity index (χ2v) is 7.98. The van der Waals surface area contributed by atoms with E-state index in [2.05, 4.69) is 109 Å². The summed E-state index contributed by atoms with van der Waals surface area (Å²) in [6.07, 6.45) is 0. The van der Waals surface area contributed by atoms with Crippen LogP contribution in [0.1, 0.15) is 22.6 Å². The normalized spacial score (nSPS) is 12.0. The maximum absolute atomic E-state index is 6.15. The number of hydrogen-bond donors (Lipinski definition) is 0. The fourth-order valence-electron chi connectivity index (χ4n) is 4.23. The van der Waals surface area contributed by atoms with Crippen LogP contribution in [0.5, 0.6) is 0 Å². The largest absolute Gasteiger partial charge is 0.0843 e. The van der Waals surface area contributed by atoms with E-state index >= 15 is 0 Å². The fourth-order valence-corrected chi connectivity index (χ4v) is 4.35. The Morgan fingerprint density at radius 1 is 0.500 bits per heavy atom. The molecule has 5 aromatic carbocycles. The van der Waals surface area contributed by atoms with E-state index in [-0.39, 0.29) is 5.92 Å². The summed E-state index contributed by atoms with van der Waals surface area (Å²) in [4.78, 5) is 0. The average molecular weight is 405 g/mol. The summed E-state index contributed by atoms with van der Waals surface area (Å²) < 4.78 is 0. The Bertz CT molecular complexity index is 1290. The molecule has 5 aromatic rings. The van der Waals surface area contributed by atoms with Gasteiger partial charge in [-0.1, -0.05) is 121 Å². The second kappa shape index (κ2) is 8.18. The predicted molar refractivity (Wildman–Crippen MR) is 128 cm³/mol. The van der Waals surface area contributed by atoms with Gasteiger partial charge in [0.05, 0.1) is 0 Å². The molecule has 0 bridgehead atoms. The Morgan fingerprint density at radius 2 is 1.17 bits per heavy atom. The van der Waals surface area contributed by atoms with Crippen molar-refractivity contribution >= 4 is 22.4 Å². The smallest absolute Gasteiger partial charge is 0.0406 e. The third-order valence-corrected chi connectivity index (χ3v) is 5.92. The van der Waals surface area contributed by atoms with E-state index in [0.717, 1.165) is 5.02 Å². The summed E-state index contributed by atoms with van der Waals surface area (Å²) >= 11 is 6.15. The molecule has 0 saturated carbocycles. The molecular weight excluding hydrogens is 384 g/mol. The Balaban J connectivity index is 1.73. The SMILES string of the molecule is Clc1ccc(-c2ccccc2C(c2ccccc2)c2ccc3ccccc3c2)cc1. The highest BCUT2D eigenvalue weighted by atomic mass is 35.5. The molecule has 0 aliphatic carbocycles. The maximum Gasteiger partial charge on any atom is 0.0406 e. The van der Waals surface area contributed by atoms with Gasteiger partial charge in [0.25, 0.3) is 0 Å². The minimum absolute atomic E-state index is 0.141. The van der Waals surface area contributed by atoms with Crippen LogP contribution in [0.4, 0.5) is 0 Å². The van der Waals surface area contributed by atoms with Crippen LogP contribution in [-0.4, -0.2) is 0 Å². The van der Waals surface area contributed by atoms with E-state index in [1.54, 1.807) is 0 Å². The van der Waals surface area contributed by atoms with Gasteiger partial charge in [-0.3, -0.25) is 0 Å². The molecule has 0 aromatic heterocycles. The van der Waals surface area contributed by atoms with Gasteiger partial charge in [0.2, 0.25) is 0 Å². The lowest BCUT2D eigenvalue weighted by Gasteiger charge is -2.22. The van der Waals surface area contributed by atoms with Crippen LogP contribution in [0.25, 0.3) is 21.9 Å².